The van der Waals surface area contributed by atoms with Crippen molar-refractivity contribution < 1.29 is 0 Å². The first-order valence-corrected chi connectivity index (χ1v) is 5.69. The number of nitrogens with one attached hydrogen (secondary N) is 2. The van der Waals surface area contributed by atoms with E-state index in [0.29, 0.717) is 0 Å². The number of aromatic amines is 2. The lowest BCUT2D eigenvalue weighted by molar-refractivity contribution is 1.06. The first kappa shape index (κ1) is 11.9. The maximum atomic E-state index is 9.98. The van der Waals surface area contributed by atoms with Gasteiger partial charge in [0.2, 0.25) is 0 Å². The van der Waals surface area contributed by atoms with Gasteiger partial charge in [-0.1, -0.05) is 60.7 Å². The Kier molecular flexibility index (Phi) is 4.14. The van der Waals surface area contributed by atoms with E-state index in [1.807, 2.05) is 12.1 Å². The highest BCUT2D eigenvalue weighted by Crippen LogP contribution is 2.17. The standard InChI is InChI=1S/C12H10.C3H4N2O/c1-3-7-11(8-4-1)12-9-5-2-6-10-12;6-3-1-2-4-5-3/h1-10H;1-2H,(H2,4,5,6). The van der Waals surface area contributed by atoms with E-state index in [-0.39, 0.29) is 5.56 Å². The summed E-state index contributed by atoms with van der Waals surface area (Å²) < 4.78 is 0. The molecule has 1 aromatic heterocycles. The second kappa shape index (κ2) is 6.25. The molecule has 0 fully saturated rings. The maximum Gasteiger partial charge on any atom is 0.263 e. The van der Waals surface area contributed by atoms with Crippen LogP contribution in [0.5, 0.6) is 0 Å². The third kappa shape index (κ3) is 3.49. The summed E-state index contributed by atoms with van der Waals surface area (Å²) in [5.74, 6) is 0. The Morgan fingerprint density at radius 2 is 1.17 bits per heavy atom. The molecule has 18 heavy (non-hydrogen) atoms. The van der Waals surface area contributed by atoms with Gasteiger partial charge in [-0.3, -0.25) is 9.89 Å². The minimum atomic E-state index is -0.0880. The van der Waals surface area contributed by atoms with Crippen LogP contribution in [0.4, 0.5) is 0 Å². The van der Waals surface area contributed by atoms with Gasteiger partial charge in [0.25, 0.3) is 5.56 Å². The molecule has 0 aliphatic heterocycles. The second-order valence-electron chi connectivity index (χ2n) is 3.70. The Bertz CT molecular complexity index is 557. The predicted octanol–water partition coefficient (Wildman–Crippen LogP) is 3.06. The highest BCUT2D eigenvalue weighted by atomic mass is 16.1. The summed E-state index contributed by atoms with van der Waals surface area (Å²) in [5.41, 5.74) is 2.46. The molecule has 0 unspecified atom stereocenters. The van der Waals surface area contributed by atoms with Crippen molar-refractivity contribution in [3.05, 3.63) is 83.3 Å². The van der Waals surface area contributed by atoms with Crippen molar-refractivity contribution in [2.24, 2.45) is 0 Å². The van der Waals surface area contributed by atoms with Crippen LogP contribution in [0.25, 0.3) is 11.1 Å². The van der Waals surface area contributed by atoms with Gasteiger partial charge in [0.15, 0.2) is 0 Å². The molecule has 0 saturated heterocycles. The zero-order valence-corrected chi connectivity index (χ0v) is 9.84. The van der Waals surface area contributed by atoms with Crippen LogP contribution in [-0.2, 0) is 0 Å². The summed E-state index contributed by atoms with van der Waals surface area (Å²) in [6, 6.07) is 22.2. The molecule has 3 rings (SSSR count). The second-order valence-corrected chi connectivity index (χ2v) is 3.70. The van der Waals surface area contributed by atoms with Crippen molar-refractivity contribution in [3.8, 4) is 11.1 Å². The lowest BCUT2D eigenvalue weighted by Crippen LogP contribution is -1.93. The smallest absolute Gasteiger partial charge is 0.263 e. The van der Waals surface area contributed by atoms with Gasteiger partial charge in [0, 0.05) is 12.3 Å². The van der Waals surface area contributed by atoms with Gasteiger partial charge in [-0.15, -0.1) is 0 Å². The first-order chi connectivity index (χ1) is 8.86. The van der Waals surface area contributed by atoms with E-state index in [1.165, 1.54) is 17.2 Å². The average Bonchev–Trinajstić information content (AvgIpc) is 2.93. The zero-order valence-electron chi connectivity index (χ0n) is 9.84. The molecule has 0 aliphatic carbocycles. The molecule has 3 nitrogen and oxygen atoms in total. The fourth-order valence-corrected chi connectivity index (χ4v) is 1.53. The van der Waals surface area contributed by atoms with Crippen molar-refractivity contribution in [1.29, 1.82) is 0 Å². The molecule has 0 radical (unpaired) electrons. The summed E-state index contributed by atoms with van der Waals surface area (Å²) in [4.78, 5) is 9.98. The lowest BCUT2D eigenvalue weighted by Gasteiger charge is -1.98. The zero-order chi connectivity index (χ0) is 12.6. The van der Waals surface area contributed by atoms with E-state index >= 15 is 0 Å². The number of aromatic nitrogens is 2. The minimum Gasteiger partial charge on any atom is -0.305 e. The van der Waals surface area contributed by atoms with E-state index in [2.05, 4.69) is 58.7 Å². The molecule has 90 valence electrons. The monoisotopic (exact) mass is 238 g/mol. The lowest BCUT2D eigenvalue weighted by atomic mass is 10.1. The van der Waals surface area contributed by atoms with Gasteiger partial charge in [-0.25, -0.2) is 0 Å². The summed E-state index contributed by atoms with van der Waals surface area (Å²) in [6.45, 7) is 0. The SMILES string of the molecule is O=c1cc[nH][nH]1.c1ccc(-c2ccccc2)cc1. The summed E-state index contributed by atoms with van der Waals surface area (Å²) in [6.07, 6.45) is 1.54. The highest BCUT2D eigenvalue weighted by molar-refractivity contribution is 5.62. The molecule has 0 amide bonds. The van der Waals surface area contributed by atoms with Gasteiger partial charge in [-0.2, -0.15) is 0 Å². The van der Waals surface area contributed by atoms with Crippen LogP contribution < -0.4 is 5.56 Å². The van der Waals surface area contributed by atoms with E-state index in [4.69, 9.17) is 0 Å². The first-order valence-electron chi connectivity index (χ1n) is 5.69. The Morgan fingerprint density at radius 3 is 1.44 bits per heavy atom. The Hall–Kier alpha value is -2.55. The average molecular weight is 238 g/mol. The molecule has 0 bridgehead atoms. The molecule has 2 aromatic carbocycles. The third-order valence-corrected chi connectivity index (χ3v) is 2.39. The fourth-order valence-electron chi connectivity index (χ4n) is 1.53. The Balaban J connectivity index is 0.000000169. The molecule has 1 heterocycles. The molecular formula is C15H14N2O. The van der Waals surface area contributed by atoms with Crippen LogP contribution in [0.3, 0.4) is 0 Å². The topological polar surface area (TPSA) is 48.6 Å². The summed E-state index contributed by atoms with van der Waals surface area (Å²) in [5, 5.41) is 4.81. The van der Waals surface area contributed by atoms with Crippen LogP contribution in [-0.4, -0.2) is 10.2 Å². The van der Waals surface area contributed by atoms with Crippen molar-refractivity contribution in [2.45, 2.75) is 0 Å². The van der Waals surface area contributed by atoms with Gasteiger partial charge in [0.1, 0.15) is 0 Å². The quantitative estimate of drug-likeness (QED) is 0.672. The van der Waals surface area contributed by atoms with E-state index in [0.717, 1.165) is 0 Å². The summed E-state index contributed by atoms with van der Waals surface area (Å²) in [7, 11) is 0. The van der Waals surface area contributed by atoms with E-state index in [1.54, 1.807) is 6.20 Å². The van der Waals surface area contributed by atoms with Crippen molar-refractivity contribution in [2.75, 3.05) is 0 Å². The largest absolute Gasteiger partial charge is 0.305 e. The Labute approximate surface area is 105 Å². The number of benzene rings is 2. The van der Waals surface area contributed by atoms with Gasteiger partial charge >= 0.3 is 0 Å². The molecule has 0 aliphatic rings. The van der Waals surface area contributed by atoms with Crippen LogP contribution in [0.1, 0.15) is 0 Å². The van der Waals surface area contributed by atoms with E-state index < -0.39 is 0 Å². The number of hydrogen-bond donors (Lipinski definition) is 2. The molecule has 0 spiro atoms. The molecule has 0 atom stereocenters. The molecule has 3 aromatic rings. The van der Waals surface area contributed by atoms with Crippen LogP contribution in [0.2, 0.25) is 0 Å². The molecule has 3 heteroatoms. The molecule has 2 N–H and O–H groups in total. The van der Waals surface area contributed by atoms with Crippen molar-refractivity contribution in [1.82, 2.24) is 10.2 Å². The van der Waals surface area contributed by atoms with Crippen LogP contribution in [0, 0.1) is 0 Å². The highest BCUT2D eigenvalue weighted by Gasteiger charge is 1.91. The molecule has 0 saturated carbocycles. The Morgan fingerprint density at radius 1 is 0.667 bits per heavy atom. The summed E-state index contributed by atoms with van der Waals surface area (Å²) >= 11 is 0. The van der Waals surface area contributed by atoms with Crippen LogP contribution in [0.15, 0.2) is 77.7 Å². The normalized spacial score (nSPS) is 9.33. The van der Waals surface area contributed by atoms with E-state index in [9.17, 15) is 4.79 Å². The van der Waals surface area contributed by atoms with Crippen LogP contribution >= 0.6 is 0 Å². The van der Waals surface area contributed by atoms with Crippen molar-refractivity contribution in [3.63, 3.8) is 0 Å². The minimum absolute atomic E-state index is 0.0880. The van der Waals surface area contributed by atoms with Gasteiger partial charge in [0.05, 0.1) is 0 Å². The van der Waals surface area contributed by atoms with Gasteiger partial charge < -0.3 is 5.10 Å². The van der Waals surface area contributed by atoms with Gasteiger partial charge in [-0.05, 0) is 11.1 Å². The van der Waals surface area contributed by atoms with Crippen molar-refractivity contribution >= 4 is 0 Å². The fraction of sp³-hybridized carbons (Fsp3) is 0. The maximum absolute atomic E-state index is 9.98. The number of hydrogen-bond acceptors (Lipinski definition) is 1. The third-order valence-electron chi connectivity index (χ3n) is 2.39. The number of H-pyrrole nitrogens is 2. The molecular weight excluding hydrogens is 224 g/mol. The number of rotatable bonds is 1. The predicted molar refractivity (Wildman–Crippen MR) is 73.3 cm³/mol.